The van der Waals surface area contributed by atoms with Crippen molar-refractivity contribution in [3.05, 3.63) is 40.5 Å². The lowest BCUT2D eigenvalue weighted by Crippen LogP contribution is -2.41. The topological polar surface area (TPSA) is 75.3 Å². The molecule has 3 heterocycles. The van der Waals surface area contributed by atoms with Crippen LogP contribution in [0.15, 0.2) is 29.9 Å². The maximum absolute atomic E-state index is 13.9. The smallest absolute Gasteiger partial charge is 0.276 e. The summed E-state index contributed by atoms with van der Waals surface area (Å²) in [5.41, 5.74) is 5.86. The van der Waals surface area contributed by atoms with E-state index in [9.17, 15) is 9.18 Å². The lowest BCUT2D eigenvalue weighted by Gasteiger charge is -2.28. The standard InChI is InChI=1S/C16H20FN5OS/c1-21(16(23)14-15(18)20-5-4-19-14)9-12-7-11(17)8-22(12)10-13-3-2-6-24-13/h2-6,11-12H,7-10H2,1H3,(H2,18,20)/t11-,12-/m0/s1. The Hall–Kier alpha value is -2.06. The van der Waals surface area contributed by atoms with Crippen molar-refractivity contribution in [1.82, 2.24) is 19.8 Å². The van der Waals surface area contributed by atoms with Crippen LogP contribution < -0.4 is 5.73 Å². The second-order valence-electron chi connectivity index (χ2n) is 5.97. The number of carbonyl (C=O) groups is 1. The molecular weight excluding hydrogens is 329 g/mol. The van der Waals surface area contributed by atoms with Gasteiger partial charge in [-0.2, -0.15) is 0 Å². The van der Waals surface area contributed by atoms with Crippen LogP contribution in [0.4, 0.5) is 10.2 Å². The highest BCUT2D eigenvalue weighted by Gasteiger charge is 2.34. The molecule has 0 aromatic carbocycles. The van der Waals surface area contributed by atoms with Crippen LogP contribution >= 0.6 is 11.3 Å². The van der Waals surface area contributed by atoms with E-state index in [4.69, 9.17) is 5.73 Å². The van der Waals surface area contributed by atoms with Gasteiger partial charge in [-0.1, -0.05) is 6.07 Å². The van der Waals surface area contributed by atoms with Gasteiger partial charge >= 0.3 is 0 Å². The zero-order valence-electron chi connectivity index (χ0n) is 13.4. The van der Waals surface area contributed by atoms with E-state index >= 15 is 0 Å². The van der Waals surface area contributed by atoms with Crippen LogP contribution in [0.1, 0.15) is 21.8 Å². The summed E-state index contributed by atoms with van der Waals surface area (Å²) in [6.07, 6.45) is 2.45. The van der Waals surface area contributed by atoms with Crippen molar-refractivity contribution in [3.8, 4) is 0 Å². The van der Waals surface area contributed by atoms with E-state index in [1.807, 2.05) is 17.5 Å². The number of anilines is 1. The first kappa shape index (κ1) is 16.8. The Morgan fingerprint density at radius 3 is 3.00 bits per heavy atom. The molecule has 8 heteroatoms. The number of aromatic nitrogens is 2. The molecule has 1 amide bonds. The van der Waals surface area contributed by atoms with Crippen LogP contribution in [0.3, 0.4) is 0 Å². The van der Waals surface area contributed by atoms with Crippen LogP contribution in [0.5, 0.6) is 0 Å². The summed E-state index contributed by atoms with van der Waals surface area (Å²) in [6.45, 7) is 1.54. The first-order chi connectivity index (χ1) is 11.5. The van der Waals surface area contributed by atoms with Gasteiger partial charge in [0.15, 0.2) is 11.5 Å². The van der Waals surface area contributed by atoms with Crippen molar-refractivity contribution in [2.75, 3.05) is 25.9 Å². The molecule has 2 N–H and O–H groups in total. The predicted octanol–water partition coefficient (Wildman–Crippen LogP) is 1.80. The molecular formula is C16H20FN5OS. The number of thiophene rings is 1. The first-order valence-corrected chi connectivity index (χ1v) is 8.65. The van der Waals surface area contributed by atoms with Crippen molar-refractivity contribution in [2.45, 2.75) is 25.2 Å². The van der Waals surface area contributed by atoms with Crippen LogP contribution in [-0.2, 0) is 6.54 Å². The Morgan fingerprint density at radius 1 is 1.50 bits per heavy atom. The van der Waals surface area contributed by atoms with Crippen LogP contribution in [-0.4, -0.2) is 58.0 Å². The highest BCUT2D eigenvalue weighted by molar-refractivity contribution is 7.09. The normalized spacial score (nSPS) is 21.1. The SMILES string of the molecule is CN(C[C@@H]1C[C@H](F)CN1Cc1cccs1)C(=O)c1nccnc1N. The third kappa shape index (κ3) is 3.70. The zero-order valence-corrected chi connectivity index (χ0v) is 14.2. The summed E-state index contributed by atoms with van der Waals surface area (Å²) in [5, 5.41) is 2.01. The second-order valence-corrected chi connectivity index (χ2v) is 7.00. The average Bonchev–Trinajstić information content (AvgIpc) is 3.17. The Kier molecular flexibility index (Phi) is 5.06. The Morgan fingerprint density at radius 2 is 2.29 bits per heavy atom. The van der Waals surface area contributed by atoms with Crippen molar-refractivity contribution < 1.29 is 9.18 Å². The van der Waals surface area contributed by atoms with Gasteiger partial charge in [-0.05, 0) is 17.9 Å². The van der Waals surface area contributed by atoms with Crippen LogP contribution in [0.2, 0.25) is 0 Å². The number of alkyl halides is 1. The van der Waals surface area contributed by atoms with E-state index < -0.39 is 6.17 Å². The number of likely N-dealkylation sites (N-methyl/N-ethyl adjacent to an activating group) is 1. The summed E-state index contributed by atoms with van der Waals surface area (Å²) in [6, 6.07) is 4.02. The molecule has 0 saturated carbocycles. The number of hydrogen-bond donors (Lipinski definition) is 1. The molecule has 2 atom stereocenters. The summed E-state index contributed by atoms with van der Waals surface area (Å²) in [5.74, 6) is -0.182. The minimum absolute atomic E-state index is 0.0195. The fraction of sp³-hybridized carbons (Fsp3) is 0.438. The fourth-order valence-corrected chi connectivity index (χ4v) is 3.73. The second kappa shape index (κ2) is 7.23. The molecule has 0 spiro atoms. The fourth-order valence-electron chi connectivity index (χ4n) is 3.00. The number of nitrogens with zero attached hydrogens (tertiary/aromatic N) is 4. The molecule has 0 aliphatic carbocycles. The largest absolute Gasteiger partial charge is 0.382 e. The summed E-state index contributed by atoms with van der Waals surface area (Å²) in [4.78, 5) is 25.2. The number of nitrogen functional groups attached to an aromatic ring is 1. The number of amides is 1. The summed E-state index contributed by atoms with van der Waals surface area (Å²) in [7, 11) is 1.69. The lowest BCUT2D eigenvalue weighted by atomic mass is 10.2. The van der Waals surface area contributed by atoms with Gasteiger partial charge in [-0.3, -0.25) is 9.69 Å². The Balaban J connectivity index is 1.66. The third-order valence-corrected chi connectivity index (χ3v) is 5.04. The maximum atomic E-state index is 13.9. The maximum Gasteiger partial charge on any atom is 0.276 e. The minimum atomic E-state index is -0.861. The highest BCUT2D eigenvalue weighted by atomic mass is 32.1. The van der Waals surface area contributed by atoms with E-state index in [1.165, 1.54) is 17.3 Å². The molecule has 0 unspecified atom stereocenters. The van der Waals surface area contributed by atoms with Crippen molar-refractivity contribution in [3.63, 3.8) is 0 Å². The molecule has 0 radical (unpaired) electrons. The number of carbonyl (C=O) groups excluding carboxylic acids is 1. The molecule has 1 fully saturated rings. The van der Waals surface area contributed by atoms with Gasteiger partial charge in [0.2, 0.25) is 0 Å². The van der Waals surface area contributed by atoms with Gasteiger partial charge in [0.25, 0.3) is 5.91 Å². The van der Waals surface area contributed by atoms with E-state index in [-0.39, 0.29) is 23.5 Å². The molecule has 6 nitrogen and oxygen atoms in total. The minimum Gasteiger partial charge on any atom is -0.382 e. The van der Waals surface area contributed by atoms with Crippen LogP contribution in [0.25, 0.3) is 0 Å². The molecule has 1 aliphatic rings. The van der Waals surface area contributed by atoms with Gasteiger partial charge in [0, 0.05) is 50.0 Å². The summed E-state index contributed by atoms with van der Waals surface area (Å²) >= 11 is 1.66. The van der Waals surface area contributed by atoms with E-state index in [0.29, 0.717) is 26.1 Å². The Bertz CT molecular complexity index is 696. The molecule has 24 heavy (non-hydrogen) atoms. The molecule has 2 aromatic heterocycles. The molecule has 2 aromatic rings. The Labute approximate surface area is 144 Å². The predicted molar refractivity (Wildman–Crippen MR) is 91.4 cm³/mol. The quantitative estimate of drug-likeness (QED) is 0.891. The molecule has 0 bridgehead atoms. The molecule has 128 valence electrons. The van der Waals surface area contributed by atoms with E-state index in [1.54, 1.807) is 23.3 Å². The third-order valence-electron chi connectivity index (χ3n) is 4.18. The van der Waals surface area contributed by atoms with Crippen molar-refractivity contribution in [1.29, 1.82) is 0 Å². The van der Waals surface area contributed by atoms with Crippen LogP contribution in [0, 0.1) is 0 Å². The van der Waals surface area contributed by atoms with E-state index in [0.717, 1.165) is 0 Å². The first-order valence-electron chi connectivity index (χ1n) is 7.77. The van der Waals surface area contributed by atoms with Gasteiger partial charge < -0.3 is 10.6 Å². The van der Waals surface area contributed by atoms with E-state index in [2.05, 4.69) is 14.9 Å². The molecule has 1 aliphatic heterocycles. The lowest BCUT2D eigenvalue weighted by molar-refractivity contribution is 0.0745. The summed E-state index contributed by atoms with van der Waals surface area (Å²) < 4.78 is 13.9. The highest BCUT2D eigenvalue weighted by Crippen LogP contribution is 2.25. The number of rotatable bonds is 5. The number of hydrogen-bond acceptors (Lipinski definition) is 6. The number of halogens is 1. The number of nitrogens with two attached hydrogens (primary N) is 1. The van der Waals surface area contributed by atoms with Gasteiger partial charge in [-0.25, -0.2) is 14.4 Å². The average molecular weight is 349 g/mol. The molecule has 3 rings (SSSR count). The van der Waals surface area contributed by atoms with Gasteiger partial charge in [-0.15, -0.1) is 11.3 Å². The monoisotopic (exact) mass is 349 g/mol. The van der Waals surface area contributed by atoms with Crippen molar-refractivity contribution >= 4 is 23.1 Å². The zero-order chi connectivity index (χ0) is 17.1. The number of likely N-dealkylation sites (tertiary alicyclic amines) is 1. The molecule has 1 saturated heterocycles. The van der Waals surface area contributed by atoms with Gasteiger partial charge in [0.05, 0.1) is 0 Å². The van der Waals surface area contributed by atoms with Gasteiger partial charge in [0.1, 0.15) is 6.17 Å². The van der Waals surface area contributed by atoms with Crippen molar-refractivity contribution in [2.24, 2.45) is 0 Å².